The molecule has 0 N–H and O–H groups in total. The third-order valence-electron chi connectivity index (χ3n) is 10.1. The largest absolute Gasteiger partial charge is 0.458 e. The minimum absolute atomic E-state index is 0.000506. The molecule has 5 aliphatic rings. The second-order valence-corrected chi connectivity index (χ2v) is 12.0. The van der Waals surface area contributed by atoms with Crippen LogP contribution in [-0.4, -0.2) is 30.4 Å². The van der Waals surface area contributed by atoms with Crippen LogP contribution in [0, 0.1) is 35.0 Å². The molecule has 1 aromatic heterocycles. The van der Waals surface area contributed by atoms with E-state index in [1.54, 1.807) is 6.07 Å². The van der Waals surface area contributed by atoms with Gasteiger partial charge in [-0.1, -0.05) is 18.5 Å². The van der Waals surface area contributed by atoms with Gasteiger partial charge in [-0.2, -0.15) is 0 Å². The van der Waals surface area contributed by atoms with Crippen molar-refractivity contribution in [3.05, 3.63) is 23.2 Å². The van der Waals surface area contributed by atoms with Crippen LogP contribution in [0.1, 0.15) is 86.6 Å². The minimum atomic E-state index is -2.03. The first kappa shape index (κ1) is 22.5. The van der Waals surface area contributed by atoms with E-state index in [1.807, 2.05) is 0 Å². The molecule has 0 amide bonds. The van der Waals surface area contributed by atoms with Crippen LogP contribution in [0.2, 0.25) is 0 Å². The van der Waals surface area contributed by atoms with Crippen molar-refractivity contribution < 1.29 is 23.1 Å². The van der Waals surface area contributed by atoms with Crippen LogP contribution < -0.4 is 0 Å². The smallest absolute Gasteiger partial charge is 0.247 e. The molecule has 1 aromatic rings. The van der Waals surface area contributed by atoms with Crippen LogP contribution >= 0.6 is 11.6 Å². The molecule has 33 heavy (non-hydrogen) atoms. The summed E-state index contributed by atoms with van der Waals surface area (Å²) in [6.45, 7) is 3.33. The number of furan rings is 1. The van der Waals surface area contributed by atoms with E-state index in [4.69, 9.17) is 25.5 Å². The Balaban J connectivity index is 1.18. The number of rotatable bonds is 4. The molecule has 3 saturated carbocycles. The van der Waals surface area contributed by atoms with Crippen molar-refractivity contribution in [1.82, 2.24) is 0 Å². The standard InChI is InChI=1S/C27H36ClFO4/c1-27-10-9-17-18(20(27)7-8-23(27)33-24-4-2-3-11-31-24)6-5-15-13-21-16(12-19(15)17)14-22(32-21)25(30)26(28)29/h14-15,17-20,23-24,26H,2-13H2,1H3/t15-,17-,18+,19-,20-,23-,24?,26?,27-/m0/s1. The van der Waals surface area contributed by atoms with Crippen LogP contribution in [0.3, 0.4) is 0 Å². The first-order chi connectivity index (χ1) is 15.9. The predicted molar refractivity (Wildman–Crippen MR) is 123 cm³/mol. The zero-order valence-corrected chi connectivity index (χ0v) is 20.3. The Hall–Kier alpha value is -0.910. The van der Waals surface area contributed by atoms with E-state index in [-0.39, 0.29) is 17.5 Å². The van der Waals surface area contributed by atoms with Crippen molar-refractivity contribution in [2.75, 3.05) is 6.61 Å². The fourth-order valence-corrected chi connectivity index (χ4v) is 8.62. The lowest BCUT2D eigenvalue weighted by Crippen LogP contribution is -2.50. The Labute approximate surface area is 200 Å². The Morgan fingerprint density at radius 2 is 2.00 bits per heavy atom. The van der Waals surface area contributed by atoms with Gasteiger partial charge in [-0.05, 0) is 111 Å². The van der Waals surface area contributed by atoms with E-state index in [0.717, 1.165) is 61.4 Å². The molecular formula is C27H36ClFO4. The summed E-state index contributed by atoms with van der Waals surface area (Å²) < 4.78 is 31.6. The molecule has 0 spiro atoms. The molecular weight excluding hydrogens is 443 g/mol. The van der Waals surface area contributed by atoms with Gasteiger partial charge in [0.25, 0.3) is 0 Å². The number of Topliss-reactive ketones (excluding diaryl/α,β-unsaturated/α-hetero) is 1. The highest BCUT2D eigenvalue weighted by molar-refractivity contribution is 6.32. The number of ketones is 1. The summed E-state index contributed by atoms with van der Waals surface area (Å²) in [5, 5.41) is 0. The van der Waals surface area contributed by atoms with E-state index in [0.29, 0.717) is 17.9 Å². The van der Waals surface area contributed by atoms with Gasteiger partial charge in [-0.25, -0.2) is 4.39 Å². The van der Waals surface area contributed by atoms with Gasteiger partial charge in [-0.15, -0.1) is 0 Å². The summed E-state index contributed by atoms with van der Waals surface area (Å²) in [4.78, 5) is 12.0. The Bertz CT molecular complexity index is 893. The monoisotopic (exact) mass is 478 g/mol. The lowest BCUT2D eigenvalue weighted by Gasteiger charge is -2.55. The van der Waals surface area contributed by atoms with Gasteiger partial charge in [-0.3, -0.25) is 4.79 Å². The van der Waals surface area contributed by atoms with E-state index in [1.165, 1.54) is 44.9 Å². The third kappa shape index (κ3) is 3.81. The Morgan fingerprint density at radius 1 is 1.12 bits per heavy atom. The molecule has 1 aliphatic heterocycles. The summed E-state index contributed by atoms with van der Waals surface area (Å²) in [6.07, 6.45) is 13.0. The van der Waals surface area contributed by atoms with E-state index in [2.05, 4.69) is 6.92 Å². The maximum Gasteiger partial charge on any atom is 0.247 e. The van der Waals surface area contributed by atoms with E-state index >= 15 is 0 Å². The molecule has 0 aromatic carbocycles. The van der Waals surface area contributed by atoms with Gasteiger partial charge in [0.15, 0.2) is 12.1 Å². The first-order valence-corrected chi connectivity index (χ1v) is 13.6. The summed E-state index contributed by atoms with van der Waals surface area (Å²) in [6, 6.07) is 1.77. The second kappa shape index (κ2) is 8.64. The van der Waals surface area contributed by atoms with E-state index in [9.17, 15) is 9.18 Å². The number of halogens is 2. The quantitative estimate of drug-likeness (QED) is 0.367. The van der Waals surface area contributed by atoms with Crippen LogP contribution in [0.15, 0.2) is 10.5 Å². The number of ether oxygens (including phenoxy) is 2. The van der Waals surface area contributed by atoms with Crippen molar-refractivity contribution in [1.29, 1.82) is 0 Å². The molecule has 2 unspecified atom stereocenters. The molecule has 0 bridgehead atoms. The highest BCUT2D eigenvalue weighted by Gasteiger charge is 2.58. The molecule has 4 nitrogen and oxygen atoms in total. The summed E-state index contributed by atoms with van der Waals surface area (Å²) >= 11 is 5.38. The average Bonchev–Trinajstić information content (AvgIpc) is 3.38. The van der Waals surface area contributed by atoms with Crippen molar-refractivity contribution in [2.24, 2.45) is 35.0 Å². The molecule has 1 saturated heterocycles. The minimum Gasteiger partial charge on any atom is -0.458 e. The number of carbonyl (C=O) groups is 1. The SMILES string of the molecule is C[C@]12CC[C@H]3[C@@H](CC[C@H]4Cc5oc(C(=O)C(F)Cl)cc5C[C@@H]43)[C@@H]1CC[C@@H]2OC1CCCCO1. The maximum absolute atomic E-state index is 13.3. The molecule has 2 heterocycles. The van der Waals surface area contributed by atoms with Gasteiger partial charge in [0.1, 0.15) is 5.76 Å². The number of fused-ring (bicyclic) bond motifs is 6. The second-order valence-electron chi connectivity index (χ2n) is 11.6. The van der Waals surface area contributed by atoms with E-state index < -0.39 is 11.4 Å². The zero-order valence-electron chi connectivity index (χ0n) is 19.6. The summed E-state index contributed by atoms with van der Waals surface area (Å²) in [7, 11) is 0. The number of carbonyl (C=O) groups excluding carboxylic acids is 1. The fraction of sp³-hybridized carbons (Fsp3) is 0.815. The average molecular weight is 479 g/mol. The molecule has 4 aliphatic carbocycles. The van der Waals surface area contributed by atoms with Crippen LogP contribution in [0.5, 0.6) is 0 Å². The summed E-state index contributed by atoms with van der Waals surface area (Å²) in [5.74, 6) is 3.71. The van der Waals surface area contributed by atoms with Gasteiger partial charge in [0.05, 0.1) is 6.10 Å². The predicted octanol–water partition coefficient (Wildman–Crippen LogP) is 6.48. The molecule has 0 radical (unpaired) electrons. The van der Waals surface area contributed by atoms with Crippen LogP contribution in [0.25, 0.3) is 0 Å². The van der Waals surface area contributed by atoms with Gasteiger partial charge in [0, 0.05) is 13.0 Å². The van der Waals surface area contributed by atoms with Crippen molar-refractivity contribution >= 4 is 17.4 Å². The maximum atomic E-state index is 13.3. The number of alkyl halides is 2. The van der Waals surface area contributed by atoms with Gasteiger partial charge < -0.3 is 13.9 Å². The fourth-order valence-electron chi connectivity index (χ4n) is 8.52. The van der Waals surface area contributed by atoms with Gasteiger partial charge >= 0.3 is 0 Å². The van der Waals surface area contributed by atoms with Crippen molar-refractivity contribution in [3.8, 4) is 0 Å². The Kier molecular flexibility index (Phi) is 5.90. The highest BCUT2D eigenvalue weighted by atomic mass is 35.5. The molecule has 6 rings (SSSR count). The zero-order chi connectivity index (χ0) is 22.7. The molecule has 4 fully saturated rings. The molecule has 182 valence electrons. The molecule has 9 atom stereocenters. The normalized spacial score (nSPS) is 43.2. The van der Waals surface area contributed by atoms with Crippen molar-refractivity contribution in [3.63, 3.8) is 0 Å². The lowest BCUT2D eigenvalue weighted by atomic mass is 9.50. The number of hydrogen-bond donors (Lipinski definition) is 0. The molecule has 6 heteroatoms. The summed E-state index contributed by atoms with van der Waals surface area (Å²) in [5.41, 5.74) is -0.662. The first-order valence-electron chi connectivity index (χ1n) is 13.1. The lowest BCUT2D eigenvalue weighted by molar-refractivity contribution is -0.215. The highest BCUT2D eigenvalue weighted by Crippen LogP contribution is 2.63. The topological polar surface area (TPSA) is 48.7 Å². The van der Waals surface area contributed by atoms with Crippen LogP contribution in [-0.2, 0) is 22.3 Å². The Morgan fingerprint density at radius 3 is 2.79 bits per heavy atom. The van der Waals surface area contributed by atoms with Crippen molar-refractivity contribution in [2.45, 2.75) is 95.6 Å². The van der Waals surface area contributed by atoms with Gasteiger partial charge in [0.2, 0.25) is 11.4 Å². The van der Waals surface area contributed by atoms with Crippen LogP contribution in [0.4, 0.5) is 4.39 Å². The third-order valence-corrected chi connectivity index (χ3v) is 10.3. The number of hydrogen-bond acceptors (Lipinski definition) is 4.